The molecule has 0 radical (unpaired) electrons. The average Bonchev–Trinajstić information content (AvgIpc) is 3.22. The molecule has 0 amide bonds. The summed E-state index contributed by atoms with van der Waals surface area (Å²) in [6.45, 7) is 5.72. The van der Waals surface area contributed by atoms with E-state index in [0.717, 1.165) is 22.6 Å². The van der Waals surface area contributed by atoms with Crippen molar-refractivity contribution in [2.75, 3.05) is 0 Å². The lowest BCUT2D eigenvalue weighted by molar-refractivity contribution is 0.0969. The Kier molecular flexibility index (Phi) is 4.72. The van der Waals surface area contributed by atoms with Gasteiger partial charge >= 0.3 is 5.76 Å². The SMILES string of the molecule is Cc1ccccc1-n1c(C)cc(C(=O)Cn2c(-c3ccccn3)noc2=O)c1C. The maximum absolute atomic E-state index is 13.1. The third kappa shape index (κ3) is 3.31. The first-order valence-corrected chi connectivity index (χ1v) is 9.23. The standard InChI is InChI=1S/C22H20N4O3/c1-14-8-4-5-10-19(14)26-15(2)12-17(16(26)3)20(27)13-25-21(24-29-22(25)28)18-9-6-7-11-23-18/h4-12H,13H2,1-3H3. The third-order valence-corrected chi connectivity index (χ3v) is 4.97. The van der Waals surface area contributed by atoms with E-state index in [-0.39, 0.29) is 18.2 Å². The molecular weight excluding hydrogens is 368 g/mol. The van der Waals surface area contributed by atoms with Crippen molar-refractivity contribution in [2.24, 2.45) is 0 Å². The number of nitrogens with zero attached hydrogens (tertiary/aromatic N) is 4. The normalized spacial score (nSPS) is 11.0. The molecule has 0 aliphatic heterocycles. The second-order valence-corrected chi connectivity index (χ2v) is 6.90. The minimum Gasteiger partial charge on any atom is -0.317 e. The van der Waals surface area contributed by atoms with Crippen LogP contribution in [0.25, 0.3) is 17.2 Å². The van der Waals surface area contributed by atoms with Crippen LogP contribution in [0.4, 0.5) is 0 Å². The van der Waals surface area contributed by atoms with Gasteiger partial charge in [-0.3, -0.25) is 14.3 Å². The fraction of sp³-hybridized carbons (Fsp3) is 0.182. The number of pyridine rings is 1. The van der Waals surface area contributed by atoms with Gasteiger partial charge in [0.1, 0.15) is 5.69 Å². The minimum atomic E-state index is -0.688. The Bertz CT molecular complexity index is 1250. The summed E-state index contributed by atoms with van der Waals surface area (Å²) in [4.78, 5) is 29.4. The molecule has 0 saturated heterocycles. The van der Waals surface area contributed by atoms with E-state index in [1.807, 2.05) is 51.1 Å². The number of aromatic nitrogens is 4. The molecule has 0 aliphatic rings. The van der Waals surface area contributed by atoms with E-state index in [9.17, 15) is 9.59 Å². The first kappa shape index (κ1) is 18.6. The molecule has 0 N–H and O–H groups in total. The van der Waals surface area contributed by atoms with Crippen LogP contribution in [-0.4, -0.2) is 25.1 Å². The molecule has 4 rings (SSSR count). The summed E-state index contributed by atoms with van der Waals surface area (Å²) in [5, 5.41) is 3.79. The molecule has 0 spiro atoms. The first-order chi connectivity index (χ1) is 14.0. The average molecular weight is 388 g/mol. The summed E-state index contributed by atoms with van der Waals surface area (Å²) in [6.07, 6.45) is 1.59. The van der Waals surface area contributed by atoms with Gasteiger partial charge in [0.2, 0.25) is 5.82 Å². The van der Waals surface area contributed by atoms with E-state index >= 15 is 0 Å². The highest BCUT2D eigenvalue weighted by Gasteiger charge is 2.21. The van der Waals surface area contributed by atoms with Gasteiger partial charge in [0, 0.05) is 28.8 Å². The molecule has 0 unspecified atom stereocenters. The molecule has 0 aliphatic carbocycles. The summed E-state index contributed by atoms with van der Waals surface area (Å²) < 4.78 is 8.06. The molecule has 0 atom stereocenters. The molecule has 3 aromatic heterocycles. The summed E-state index contributed by atoms with van der Waals surface area (Å²) in [5.41, 5.74) is 4.94. The summed E-state index contributed by atoms with van der Waals surface area (Å²) in [5.74, 6) is -0.649. The lowest BCUT2D eigenvalue weighted by atomic mass is 10.1. The van der Waals surface area contributed by atoms with Crippen molar-refractivity contribution in [3.8, 4) is 17.2 Å². The lowest BCUT2D eigenvalue weighted by Gasteiger charge is -2.12. The fourth-order valence-corrected chi connectivity index (χ4v) is 3.55. The Labute approximate surface area is 167 Å². The molecule has 7 heteroatoms. The van der Waals surface area contributed by atoms with Crippen LogP contribution in [0.1, 0.15) is 27.3 Å². The second kappa shape index (κ2) is 7.35. The van der Waals surface area contributed by atoms with Crippen LogP contribution in [0.15, 0.2) is 64.0 Å². The van der Waals surface area contributed by atoms with Crippen LogP contribution in [-0.2, 0) is 6.54 Å². The third-order valence-electron chi connectivity index (χ3n) is 4.97. The molecule has 7 nitrogen and oxygen atoms in total. The zero-order valence-corrected chi connectivity index (χ0v) is 16.4. The Hall–Kier alpha value is -3.74. The van der Waals surface area contributed by atoms with E-state index in [4.69, 9.17) is 4.52 Å². The number of carbonyl (C=O) groups is 1. The molecule has 29 heavy (non-hydrogen) atoms. The van der Waals surface area contributed by atoms with E-state index in [1.165, 1.54) is 4.57 Å². The van der Waals surface area contributed by atoms with Gasteiger partial charge in [-0.2, -0.15) is 0 Å². The van der Waals surface area contributed by atoms with Crippen LogP contribution in [0.2, 0.25) is 0 Å². The topological polar surface area (TPSA) is 82.9 Å². The van der Waals surface area contributed by atoms with E-state index in [0.29, 0.717) is 11.3 Å². The van der Waals surface area contributed by atoms with Crippen molar-refractivity contribution >= 4 is 5.78 Å². The smallest absolute Gasteiger partial charge is 0.317 e. The summed E-state index contributed by atoms with van der Waals surface area (Å²) in [7, 11) is 0. The van der Waals surface area contributed by atoms with Gasteiger partial charge in [-0.05, 0) is 50.6 Å². The predicted octanol–water partition coefficient (Wildman–Crippen LogP) is 3.50. The number of Topliss-reactive ketones (excluding diaryl/α,β-unsaturated/α-hetero) is 1. The maximum Gasteiger partial charge on any atom is 0.442 e. The number of carbonyl (C=O) groups excluding carboxylic acids is 1. The molecule has 0 bridgehead atoms. The molecular formula is C22H20N4O3. The number of para-hydroxylation sites is 1. The highest BCUT2D eigenvalue weighted by atomic mass is 16.5. The lowest BCUT2D eigenvalue weighted by Crippen LogP contribution is -2.21. The highest BCUT2D eigenvalue weighted by molar-refractivity contribution is 5.97. The Morgan fingerprint density at radius 3 is 2.55 bits per heavy atom. The number of aryl methyl sites for hydroxylation is 2. The van der Waals surface area contributed by atoms with Gasteiger partial charge in [-0.1, -0.05) is 29.4 Å². The predicted molar refractivity (Wildman–Crippen MR) is 108 cm³/mol. The Morgan fingerprint density at radius 1 is 1.07 bits per heavy atom. The summed E-state index contributed by atoms with van der Waals surface area (Å²) in [6, 6.07) is 15.1. The number of hydrogen-bond donors (Lipinski definition) is 0. The Balaban J connectivity index is 1.72. The maximum atomic E-state index is 13.1. The van der Waals surface area contributed by atoms with Crippen LogP contribution in [0, 0.1) is 20.8 Å². The number of benzene rings is 1. The molecule has 3 heterocycles. The second-order valence-electron chi connectivity index (χ2n) is 6.90. The van der Waals surface area contributed by atoms with Crippen molar-refractivity contribution < 1.29 is 9.32 Å². The van der Waals surface area contributed by atoms with Crippen LogP contribution in [0.3, 0.4) is 0 Å². The quantitative estimate of drug-likeness (QED) is 0.489. The number of hydrogen-bond acceptors (Lipinski definition) is 5. The highest BCUT2D eigenvalue weighted by Crippen LogP contribution is 2.24. The zero-order chi connectivity index (χ0) is 20.5. The van der Waals surface area contributed by atoms with Gasteiger partial charge in [0.15, 0.2) is 5.78 Å². The van der Waals surface area contributed by atoms with Crippen molar-refractivity contribution in [2.45, 2.75) is 27.3 Å². The molecule has 4 aromatic rings. The van der Waals surface area contributed by atoms with Crippen molar-refractivity contribution in [1.29, 1.82) is 0 Å². The van der Waals surface area contributed by atoms with Gasteiger partial charge < -0.3 is 4.57 Å². The fourth-order valence-electron chi connectivity index (χ4n) is 3.55. The van der Waals surface area contributed by atoms with Gasteiger partial charge in [-0.15, -0.1) is 0 Å². The van der Waals surface area contributed by atoms with Crippen LogP contribution in [0.5, 0.6) is 0 Å². The molecule has 0 fully saturated rings. The van der Waals surface area contributed by atoms with Gasteiger partial charge in [-0.25, -0.2) is 9.36 Å². The van der Waals surface area contributed by atoms with E-state index in [2.05, 4.69) is 14.7 Å². The number of rotatable bonds is 5. The first-order valence-electron chi connectivity index (χ1n) is 9.23. The Morgan fingerprint density at radius 2 is 1.83 bits per heavy atom. The van der Waals surface area contributed by atoms with E-state index in [1.54, 1.807) is 24.4 Å². The van der Waals surface area contributed by atoms with E-state index < -0.39 is 5.76 Å². The molecule has 1 aromatic carbocycles. The molecule has 146 valence electrons. The van der Waals surface area contributed by atoms with Crippen LogP contribution < -0.4 is 5.76 Å². The largest absolute Gasteiger partial charge is 0.442 e. The molecule has 0 saturated carbocycles. The number of ketones is 1. The van der Waals surface area contributed by atoms with Gasteiger partial charge in [0.05, 0.1) is 6.54 Å². The minimum absolute atomic E-state index is 0.174. The van der Waals surface area contributed by atoms with Crippen LogP contribution >= 0.6 is 0 Å². The summed E-state index contributed by atoms with van der Waals surface area (Å²) >= 11 is 0. The van der Waals surface area contributed by atoms with Crippen molar-refractivity contribution in [3.63, 3.8) is 0 Å². The van der Waals surface area contributed by atoms with Crippen molar-refractivity contribution in [1.82, 2.24) is 19.3 Å². The zero-order valence-electron chi connectivity index (χ0n) is 16.4. The monoisotopic (exact) mass is 388 g/mol. The van der Waals surface area contributed by atoms with Crippen molar-refractivity contribution in [3.05, 3.63) is 87.8 Å². The van der Waals surface area contributed by atoms with Gasteiger partial charge in [0.25, 0.3) is 0 Å².